The predicted octanol–water partition coefficient (Wildman–Crippen LogP) is -1.08. The van der Waals surface area contributed by atoms with Gasteiger partial charge in [0.2, 0.25) is 15.9 Å². The molecule has 0 aromatic rings. The highest BCUT2D eigenvalue weighted by molar-refractivity contribution is 7.89. The molecule has 1 heterocycles. The Morgan fingerprint density at radius 2 is 2.19 bits per heavy atom. The van der Waals surface area contributed by atoms with Crippen LogP contribution in [0.15, 0.2) is 0 Å². The molecule has 0 aliphatic carbocycles. The van der Waals surface area contributed by atoms with Gasteiger partial charge < -0.3 is 10.6 Å². The van der Waals surface area contributed by atoms with Crippen LogP contribution >= 0.6 is 0 Å². The van der Waals surface area contributed by atoms with Crippen molar-refractivity contribution in [1.82, 2.24) is 10.6 Å². The number of nitrogens with two attached hydrogens (primary N) is 1. The number of nitrogens with one attached hydrogen (secondary N) is 2. The monoisotopic (exact) mass is 249 g/mol. The van der Waals surface area contributed by atoms with E-state index >= 15 is 0 Å². The van der Waals surface area contributed by atoms with Crippen LogP contribution in [0.1, 0.15) is 25.7 Å². The van der Waals surface area contributed by atoms with Crippen molar-refractivity contribution in [3.8, 4) is 0 Å². The van der Waals surface area contributed by atoms with Crippen LogP contribution in [0.3, 0.4) is 0 Å². The van der Waals surface area contributed by atoms with E-state index in [0.717, 1.165) is 25.8 Å². The van der Waals surface area contributed by atoms with Crippen molar-refractivity contribution in [3.05, 3.63) is 0 Å². The molecule has 94 valence electrons. The minimum absolute atomic E-state index is 0.0471. The molecule has 1 amide bonds. The van der Waals surface area contributed by atoms with Crippen LogP contribution in [0.5, 0.6) is 0 Å². The number of piperidine rings is 1. The number of carbonyl (C=O) groups excluding carboxylic acids is 1. The van der Waals surface area contributed by atoms with Crippen molar-refractivity contribution in [3.63, 3.8) is 0 Å². The molecule has 0 saturated carbocycles. The van der Waals surface area contributed by atoms with Gasteiger partial charge in [-0.05, 0) is 25.8 Å². The number of sulfonamides is 1. The summed E-state index contributed by atoms with van der Waals surface area (Å²) in [5.41, 5.74) is 0. The van der Waals surface area contributed by atoms with E-state index in [-0.39, 0.29) is 17.7 Å². The van der Waals surface area contributed by atoms with Crippen LogP contribution in [0.4, 0.5) is 0 Å². The molecule has 0 aromatic carbocycles. The lowest BCUT2D eigenvalue weighted by atomic mass is 10.0. The van der Waals surface area contributed by atoms with E-state index in [2.05, 4.69) is 10.6 Å². The Kier molecular flexibility index (Phi) is 5.17. The van der Waals surface area contributed by atoms with E-state index in [1.165, 1.54) is 0 Å². The Balaban J connectivity index is 2.14. The average molecular weight is 249 g/mol. The lowest BCUT2D eigenvalue weighted by Crippen LogP contribution is -2.47. The molecular weight excluding hydrogens is 230 g/mol. The summed E-state index contributed by atoms with van der Waals surface area (Å²) in [4.78, 5) is 11.6. The highest BCUT2D eigenvalue weighted by Gasteiger charge is 2.19. The normalized spacial score (nSPS) is 21.7. The summed E-state index contributed by atoms with van der Waals surface area (Å²) in [5, 5.41) is 10.7. The molecule has 7 heteroatoms. The Morgan fingerprint density at radius 3 is 2.75 bits per heavy atom. The van der Waals surface area contributed by atoms with Gasteiger partial charge in [0.1, 0.15) is 0 Å². The van der Waals surface area contributed by atoms with Gasteiger partial charge in [0, 0.05) is 6.54 Å². The fourth-order valence-electron chi connectivity index (χ4n) is 1.68. The molecule has 0 radical (unpaired) electrons. The quantitative estimate of drug-likeness (QED) is 0.540. The first kappa shape index (κ1) is 13.4. The molecule has 1 saturated heterocycles. The van der Waals surface area contributed by atoms with Gasteiger partial charge in [0.15, 0.2) is 0 Å². The zero-order chi connectivity index (χ0) is 12.0. The fourth-order valence-corrected chi connectivity index (χ4v) is 2.23. The van der Waals surface area contributed by atoms with Crippen molar-refractivity contribution in [1.29, 1.82) is 0 Å². The number of hydrogen-bond donors (Lipinski definition) is 3. The van der Waals surface area contributed by atoms with Gasteiger partial charge in [-0.25, -0.2) is 13.6 Å². The lowest BCUT2D eigenvalue weighted by molar-refractivity contribution is -0.123. The molecule has 6 nitrogen and oxygen atoms in total. The molecule has 16 heavy (non-hydrogen) atoms. The van der Waals surface area contributed by atoms with E-state index in [0.29, 0.717) is 13.0 Å². The highest BCUT2D eigenvalue weighted by atomic mass is 32.2. The number of primary sulfonamides is 1. The van der Waals surface area contributed by atoms with Crippen LogP contribution in [0.2, 0.25) is 0 Å². The highest BCUT2D eigenvalue weighted by Crippen LogP contribution is 2.06. The zero-order valence-corrected chi connectivity index (χ0v) is 10.1. The summed E-state index contributed by atoms with van der Waals surface area (Å²) in [6.45, 7) is 1.22. The molecular formula is C9H19N3O3S. The van der Waals surface area contributed by atoms with E-state index in [9.17, 15) is 13.2 Å². The average Bonchev–Trinajstić information content (AvgIpc) is 2.24. The summed E-state index contributed by atoms with van der Waals surface area (Å²) >= 11 is 0. The molecule has 0 bridgehead atoms. The fraction of sp³-hybridized carbons (Fsp3) is 0.889. The van der Waals surface area contributed by atoms with E-state index in [1.807, 2.05) is 0 Å². The van der Waals surface area contributed by atoms with E-state index < -0.39 is 10.0 Å². The SMILES string of the molecule is NS(=O)(=O)CCCNC(=O)[C@@H]1CCCCN1. The number of rotatable bonds is 5. The Hall–Kier alpha value is -0.660. The second-order valence-corrected chi connectivity index (χ2v) is 5.75. The van der Waals surface area contributed by atoms with Crippen LogP contribution in [-0.2, 0) is 14.8 Å². The Bertz CT molecular complexity index is 323. The first-order chi connectivity index (χ1) is 7.49. The molecule has 0 aromatic heterocycles. The summed E-state index contributed by atoms with van der Waals surface area (Å²) in [7, 11) is -3.41. The smallest absolute Gasteiger partial charge is 0.237 e. The number of hydrogen-bond acceptors (Lipinski definition) is 4. The van der Waals surface area contributed by atoms with E-state index in [4.69, 9.17) is 5.14 Å². The number of amides is 1. The first-order valence-corrected chi connectivity index (χ1v) is 7.22. The van der Waals surface area contributed by atoms with Crippen molar-refractivity contribution >= 4 is 15.9 Å². The summed E-state index contributed by atoms with van der Waals surface area (Å²) < 4.78 is 21.3. The maximum atomic E-state index is 11.6. The van der Waals surface area contributed by atoms with Crippen molar-refractivity contribution < 1.29 is 13.2 Å². The van der Waals surface area contributed by atoms with Crippen molar-refractivity contribution in [2.45, 2.75) is 31.7 Å². The molecule has 1 aliphatic rings. The van der Waals surface area contributed by atoms with Gasteiger partial charge in [-0.1, -0.05) is 6.42 Å². The minimum atomic E-state index is -3.41. The summed E-state index contributed by atoms with van der Waals surface area (Å²) in [6, 6.07) is -0.122. The van der Waals surface area contributed by atoms with Crippen LogP contribution < -0.4 is 15.8 Å². The Morgan fingerprint density at radius 1 is 1.44 bits per heavy atom. The van der Waals surface area contributed by atoms with Crippen LogP contribution in [-0.4, -0.2) is 39.2 Å². The van der Waals surface area contributed by atoms with E-state index in [1.54, 1.807) is 0 Å². The van der Waals surface area contributed by atoms with Gasteiger partial charge in [0.05, 0.1) is 11.8 Å². The van der Waals surface area contributed by atoms with Gasteiger partial charge in [-0.15, -0.1) is 0 Å². The largest absolute Gasteiger partial charge is 0.355 e. The lowest BCUT2D eigenvalue weighted by Gasteiger charge is -2.22. The van der Waals surface area contributed by atoms with Crippen molar-refractivity contribution in [2.24, 2.45) is 5.14 Å². The third kappa shape index (κ3) is 5.43. The second kappa shape index (κ2) is 6.17. The topological polar surface area (TPSA) is 101 Å². The molecule has 1 rings (SSSR count). The first-order valence-electron chi connectivity index (χ1n) is 5.50. The van der Waals surface area contributed by atoms with Crippen LogP contribution in [0, 0.1) is 0 Å². The number of carbonyl (C=O) groups is 1. The summed E-state index contributed by atoms with van der Waals surface area (Å²) in [5.74, 6) is -0.139. The molecule has 4 N–H and O–H groups in total. The summed E-state index contributed by atoms with van der Waals surface area (Å²) in [6.07, 6.45) is 3.37. The molecule has 1 atom stereocenters. The van der Waals surface area contributed by atoms with Gasteiger partial charge in [-0.2, -0.15) is 0 Å². The van der Waals surface area contributed by atoms with Crippen molar-refractivity contribution in [2.75, 3.05) is 18.8 Å². The molecule has 1 aliphatic heterocycles. The Labute approximate surface area is 96.0 Å². The maximum Gasteiger partial charge on any atom is 0.237 e. The molecule has 0 unspecified atom stereocenters. The molecule has 0 spiro atoms. The predicted molar refractivity (Wildman–Crippen MR) is 61.2 cm³/mol. The minimum Gasteiger partial charge on any atom is -0.355 e. The maximum absolute atomic E-state index is 11.6. The third-order valence-corrected chi connectivity index (χ3v) is 3.39. The zero-order valence-electron chi connectivity index (χ0n) is 9.24. The van der Waals surface area contributed by atoms with Gasteiger partial charge >= 0.3 is 0 Å². The standard InChI is InChI=1S/C9H19N3O3S/c10-16(14,15)7-3-6-12-9(13)8-4-1-2-5-11-8/h8,11H,1-7H2,(H,12,13)(H2,10,14,15)/t8-/m0/s1. The van der Waals surface area contributed by atoms with Gasteiger partial charge in [-0.3, -0.25) is 4.79 Å². The third-order valence-electron chi connectivity index (χ3n) is 2.53. The van der Waals surface area contributed by atoms with Crippen LogP contribution in [0.25, 0.3) is 0 Å². The second-order valence-electron chi connectivity index (χ2n) is 4.01. The molecule has 1 fully saturated rings. The van der Waals surface area contributed by atoms with Gasteiger partial charge in [0.25, 0.3) is 0 Å².